The van der Waals surface area contributed by atoms with Crippen molar-refractivity contribution < 1.29 is 4.79 Å². The minimum absolute atomic E-state index is 0.0282. The maximum Gasteiger partial charge on any atom is 0.179 e. The van der Waals surface area contributed by atoms with Crippen LogP contribution in [0.1, 0.15) is 17.3 Å². The molecule has 0 radical (unpaired) electrons. The lowest BCUT2D eigenvalue weighted by atomic mass is 10.0. The lowest BCUT2D eigenvalue weighted by Gasteiger charge is -2.31. The number of hydrogen-bond donors (Lipinski definition) is 1. The summed E-state index contributed by atoms with van der Waals surface area (Å²) in [5.74, 6) is 2.44. The monoisotopic (exact) mass is 250 g/mol. The number of hydrogen-bond acceptors (Lipinski definition) is 4. The Morgan fingerprint density at radius 3 is 2.47 bits per heavy atom. The highest BCUT2D eigenvalue weighted by Gasteiger charge is 2.23. The Hall–Kier alpha value is -1.00. The smallest absolute Gasteiger partial charge is 0.179 e. The number of carbonyl (C=O) groups excluding carboxylic acids is 1. The number of nitrogens with two attached hydrogens (primary N) is 1. The van der Waals surface area contributed by atoms with Crippen LogP contribution in [0.3, 0.4) is 0 Å². The maximum absolute atomic E-state index is 12.3. The highest BCUT2D eigenvalue weighted by Crippen LogP contribution is 2.16. The zero-order valence-corrected chi connectivity index (χ0v) is 10.9. The minimum atomic E-state index is -0.0282. The standard InChI is InChI=1S/C13H18N2OS/c1-10(15-6-8-17-9-7-15)13(16)11-2-4-12(14)5-3-11/h2-5,10H,6-9,14H2,1H3. The van der Waals surface area contributed by atoms with Crippen LogP contribution in [0.4, 0.5) is 5.69 Å². The Kier molecular flexibility index (Phi) is 4.07. The molecule has 1 unspecified atom stereocenters. The van der Waals surface area contributed by atoms with Gasteiger partial charge in [0.15, 0.2) is 5.78 Å². The molecular formula is C13H18N2OS. The summed E-state index contributed by atoms with van der Waals surface area (Å²) in [7, 11) is 0. The summed E-state index contributed by atoms with van der Waals surface area (Å²) in [6, 6.07) is 7.16. The lowest BCUT2D eigenvalue weighted by molar-refractivity contribution is 0.0851. The molecule has 0 saturated carbocycles. The average Bonchev–Trinajstić information content (AvgIpc) is 2.39. The fraction of sp³-hybridized carbons (Fsp3) is 0.462. The first-order valence-corrected chi connectivity index (χ1v) is 7.05. The van der Waals surface area contributed by atoms with Gasteiger partial charge in [0, 0.05) is 35.8 Å². The van der Waals surface area contributed by atoms with Gasteiger partial charge in [0.2, 0.25) is 0 Å². The number of Topliss-reactive ketones (excluding diaryl/α,β-unsaturated/α-hetero) is 1. The van der Waals surface area contributed by atoms with Crippen LogP contribution in [0.15, 0.2) is 24.3 Å². The van der Waals surface area contributed by atoms with Crippen LogP contribution in [0, 0.1) is 0 Å². The second kappa shape index (κ2) is 5.56. The summed E-state index contributed by atoms with van der Waals surface area (Å²) in [5.41, 5.74) is 7.07. The SMILES string of the molecule is CC(C(=O)c1ccc(N)cc1)N1CCSCC1. The first-order chi connectivity index (χ1) is 8.18. The number of rotatable bonds is 3. The molecule has 1 heterocycles. The van der Waals surface area contributed by atoms with Gasteiger partial charge in [0.25, 0.3) is 0 Å². The van der Waals surface area contributed by atoms with E-state index in [0.29, 0.717) is 5.69 Å². The molecule has 0 spiro atoms. The zero-order chi connectivity index (χ0) is 12.3. The lowest BCUT2D eigenvalue weighted by Crippen LogP contribution is -2.43. The van der Waals surface area contributed by atoms with E-state index in [1.54, 1.807) is 12.1 Å². The number of carbonyl (C=O) groups is 1. The first-order valence-electron chi connectivity index (χ1n) is 5.90. The van der Waals surface area contributed by atoms with Gasteiger partial charge in [0.05, 0.1) is 6.04 Å². The largest absolute Gasteiger partial charge is 0.399 e. The molecule has 0 bridgehead atoms. The zero-order valence-electron chi connectivity index (χ0n) is 10.1. The fourth-order valence-corrected chi connectivity index (χ4v) is 2.95. The quantitative estimate of drug-likeness (QED) is 0.657. The number of ketones is 1. The molecule has 92 valence electrons. The van der Waals surface area contributed by atoms with E-state index in [9.17, 15) is 4.79 Å². The molecule has 1 aliphatic heterocycles. The van der Waals surface area contributed by atoms with Gasteiger partial charge < -0.3 is 5.73 Å². The van der Waals surface area contributed by atoms with E-state index in [1.165, 1.54) is 0 Å². The van der Waals surface area contributed by atoms with Gasteiger partial charge in [-0.05, 0) is 31.2 Å². The van der Waals surface area contributed by atoms with Crippen molar-refractivity contribution in [1.29, 1.82) is 0 Å². The molecule has 4 heteroatoms. The van der Waals surface area contributed by atoms with Crippen LogP contribution in [0.25, 0.3) is 0 Å². The summed E-state index contributed by atoms with van der Waals surface area (Å²) in [6.07, 6.45) is 0. The Morgan fingerprint density at radius 1 is 1.29 bits per heavy atom. The predicted molar refractivity (Wildman–Crippen MR) is 73.5 cm³/mol. The number of benzene rings is 1. The highest BCUT2D eigenvalue weighted by molar-refractivity contribution is 7.99. The van der Waals surface area contributed by atoms with Crippen molar-refractivity contribution in [3.05, 3.63) is 29.8 Å². The number of nitrogen functional groups attached to an aromatic ring is 1. The van der Waals surface area contributed by atoms with Crippen LogP contribution in [0.2, 0.25) is 0 Å². The summed E-state index contributed by atoms with van der Waals surface area (Å²) in [4.78, 5) is 14.5. The van der Waals surface area contributed by atoms with E-state index in [4.69, 9.17) is 5.73 Å². The van der Waals surface area contributed by atoms with Crippen molar-refractivity contribution in [1.82, 2.24) is 4.90 Å². The average molecular weight is 250 g/mol. The van der Waals surface area contributed by atoms with Crippen LogP contribution in [0.5, 0.6) is 0 Å². The van der Waals surface area contributed by atoms with Gasteiger partial charge >= 0.3 is 0 Å². The Labute approximate surface area is 106 Å². The van der Waals surface area contributed by atoms with Crippen molar-refractivity contribution in [2.45, 2.75) is 13.0 Å². The van der Waals surface area contributed by atoms with Gasteiger partial charge in [0.1, 0.15) is 0 Å². The summed E-state index contributed by atoms with van der Waals surface area (Å²) in [5, 5.41) is 0. The van der Waals surface area contributed by atoms with Gasteiger partial charge in [-0.2, -0.15) is 11.8 Å². The Balaban J connectivity index is 2.05. The molecule has 3 nitrogen and oxygen atoms in total. The normalized spacial score (nSPS) is 18.9. The van der Waals surface area contributed by atoms with E-state index >= 15 is 0 Å². The second-order valence-electron chi connectivity index (χ2n) is 4.31. The molecule has 0 aliphatic carbocycles. The molecule has 1 fully saturated rings. The molecule has 1 aromatic rings. The molecule has 17 heavy (non-hydrogen) atoms. The minimum Gasteiger partial charge on any atom is -0.399 e. The van der Waals surface area contributed by atoms with Gasteiger partial charge in [-0.15, -0.1) is 0 Å². The molecule has 2 N–H and O–H groups in total. The molecule has 1 saturated heterocycles. The van der Waals surface area contributed by atoms with Crippen molar-refractivity contribution in [3.63, 3.8) is 0 Å². The number of nitrogens with zero attached hydrogens (tertiary/aromatic N) is 1. The molecule has 1 aromatic carbocycles. The second-order valence-corrected chi connectivity index (χ2v) is 5.54. The Bertz CT molecular complexity index is 385. The van der Waals surface area contributed by atoms with Gasteiger partial charge in [-0.3, -0.25) is 9.69 Å². The third-order valence-corrected chi connectivity index (χ3v) is 4.11. The van der Waals surface area contributed by atoms with Crippen molar-refractivity contribution in [3.8, 4) is 0 Å². The van der Waals surface area contributed by atoms with Crippen molar-refractivity contribution in [2.24, 2.45) is 0 Å². The number of anilines is 1. The van der Waals surface area contributed by atoms with Gasteiger partial charge in [-0.25, -0.2) is 0 Å². The van der Waals surface area contributed by atoms with Crippen molar-refractivity contribution in [2.75, 3.05) is 30.3 Å². The molecule has 1 atom stereocenters. The maximum atomic E-state index is 12.3. The van der Waals surface area contributed by atoms with E-state index in [-0.39, 0.29) is 11.8 Å². The third kappa shape index (κ3) is 3.01. The summed E-state index contributed by atoms with van der Waals surface area (Å²) >= 11 is 1.96. The predicted octanol–water partition coefficient (Wildman–Crippen LogP) is 1.89. The van der Waals surface area contributed by atoms with Crippen LogP contribution in [-0.4, -0.2) is 41.3 Å². The summed E-state index contributed by atoms with van der Waals surface area (Å²) in [6.45, 7) is 4.01. The van der Waals surface area contributed by atoms with Crippen LogP contribution in [-0.2, 0) is 0 Å². The molecule has 2 rings (SSSR count). The van der Waals surface area contributed by atoms with Crippen LogP contribution < -0.4 is 5.73 Å². The third-order valence-electron chi connectivity index (χ3n) is 3.17. The van der Waals surface area contributed by atoms with E-state index in [1.807, 2.05) is 30.8 Å². The van der Waals surface area contributed by atoms with Gasteiger partial charge in [-0.1, -0.05) is 0 Å². The van der Waals surface area contributed by atoms with E-state index in [2.05, 4.69) is 4.90 Å². The molecule has 1 aliphatic rings. The molecule has 0 aromatic heterocycles. The van der Waals surface area contributed by atoms with E-state index < -0.39 is 0 Å². The fourth-order valence-electron chi connectivity index (χ4n) is 2.02. The molecular weight excluding hydrogens is 232 g/mol. The van der Waals surface area contributed by atoms with E-state index in [0.717, 1.165) is 30.2 Å². The number of thioether (sulfide) groups is 1. The topological polar surface area (TPSA) is 46.3 Å². The Morgan fingerprint density at radius 2 is 1.88 bits per heavy atom. The first kappa shape index (κ1) is 12.5. The molecule has 0 amide bonds. The van der Waals surface area contributed by atoms with Crippen molar-refractivity contribution >= 4 is 23.2 Å². The summed E-state index contributed by atoms with van der Waals surface area (Å²) < 4.78 is 0. The van der Waals surface area contributed by atoms with Crippen LogP contribution >= 0.6 is 11.8 Å². The highest BCUT2D eigenvalue weighted by atomic mass is 32.2.